The molecule has 9 heteroatoms. The Morgan fingerprint density at radius 2 is 1.89 bits per heavy atom. The highest BCUT2D eigenvalue weighted by Crippen LogP contribution is 2.32. The van der Waals surface area contributed by atoms with E-state index in [4.69, 9.17) is 0 Å². The quantitative estimate of drug-likeness (QED) is 0.653. The second-order valence-corrected chi connectivity index (χ2v) is 6.72. The molecule has 0 radical (unpaired) electrons. The van der Waals surface area contributed by atoms with E-state index in [2.05, 4.69) is 31.6 Å². The van der Waals surface area contributed by atoms with E-state index in [9.17, 15) is 18.0 Å². The highest BCUT2D eigenvalue weighted by Gasteiger charge is 2.31. The third-order valence-corrected chi connectivity index (χ3v) is 4.15. The lowest BCUT2D eigenvalue weighted by Gasteiger charge is -2.10. The van der Waals surface area contributed by atoms with Crippen molar-refractivity contribution >= 4 is 21.8 Å². The van der Waals surface area contributed by atoms with Crippen LogP contribution in [0.3, 0.4) is 0 Å². The van der Waals surface area contributed by atoms with Crippen LogP contribution in [0.25, 0.3) is 0 Å². The minimum Gasteiger partial charge on any atom is -0.346 e. The molecular weight excluding hydrogens is 425 g/mol. The minimum absolute atomic E-state index is 0.0570. The van der Waals surface area contributed by atoms with Crippen LogP contribution in [-0.2, 0) is 19.3 Å². The van der Waals surface area contributed by atoms with Crippen LogP contribution in [0.4, 0.5) is 13.2 Å². The van der Waals surface area contributed by atoms with E-state index in [0.717, 1.165) is 17.7 Å². The van der Waals surface area contributed by atoms with Crippen molar-refractivity contribution in [1.29, 1.82) is 0 Å². The molecule has 0 aliphatic heterocycles. The summed E-state index contributed by atoms with van der Waals surface area (Å²) < 4.78 is 40.4. The zero-order valence-electron chi connectivity index (χ0n) is 13.9. The van der Waals surface area contributed by atoms with Crippen LogP contribution in [0.5, 0.6) is 0 Å². The Morgan fingerprint density at radius 1 is 1.15 bits per heavy atom. The molecule has 1 amide bonds. The molecule has 140 valence electrons. The van der Waals surface area contributed by atoms with Gasteiger partial charge in [0.05, 0.1) is 24.8 Å². The molecule has 1 heterocycles. The van der Waals surface area contributed by atoms with Crippen molar-refractivity contribution in [2.24, 2.45) is 0 Å². The number of carbonyl (C=O) groups is 1. The van der Waals surface area contributed by atoms with Crippen molar-refractivity contribution < 1.29 is 18.0 Å². The number of rotatable bonds is 5. The molecule has 2 aromatic carbocycles. The maximum Gasteiger partial charge on any atom is 0.416 e. The van der Waals surface area contributed by atoms with Crippen molar-refractivity contribution in [3.05, 3.63) is 81.6 Å². The van der Waals surface area contributed by atoms with Gasteiger partial charge in [-0.1, -0.05) is 51.5 Å². The summed E-state index contributed by atoms with van der Waals surface area (Å²) in [4.78, 5) is 12.2. The van der Waals surface area contributed by atoms with Crippen LogP contribution in [0.1, 0.15) is 27.2 Å². The predicted octanol–water partition coefficient (Wildman–Crippen LogP) is 4.04. The molecule has 0 aliphatic carbocycles. The fraction of sp³-hybridized carbons (Fsp3) is 0.167. The third kappa shape index (κ3) is 5.16. The van der Waals surface area contributed by atoms with Crippen molar-refractivity contribution in [3.63, 3.8) is 0 Å². The fourth-order valence-corrected chi connectivity index (χ4v) is 2.92. The number of halogens is 4. The molecule has 0 bridgehead atoms. The van der Waals surface area contributed by atoms with E-state index in [1.165, 1.54) is 6.07 Å². The van der Waals surface area contributed by atoms with Gasteiger partial charge in [0.2, 0.25) is 0 Å². The molecular formula is C18H14BrF3N4O. The number of nitrogens with zero attached hydrogens (tertiary/aromatic N) is 3. The summed E-state index contributed by atoms with van der Waals surface area (Å²) in [6, 6.07) is 12.7. The van der Waals surface area contributed by atoms with Gasteiger partial charge in [0, 0.05) is 10.0 Å². The number of benzene rings is 2. The first-order chi connectivity index (χ1) is 12.8. The van der Waals surface area contributed by atoms with Crippen molar-refractivity contribution in [2.75, 3.05) is 0 Å². The molecule has 5 nitrogen and oxygen atoms in total. The number of hydrogen-bond donors (Lipinski definition) is 1. The molecule has 0 aliphatic rings. The first-order valence-electron chi connectivity index (χ1n) is 7.90. The van der Waals surface area contributed by atoms with E-state index in [1.54, 1.807) is 10.9 Å². The Labute approximate surface area is 161 Å². The topological polar surface area (TPSA) is 59.8 Å². The smallest absolute Gasteiger partial charge is 0.346 e. The average Bonchev–Trinajstić information content (AvgIpc) is 3.06. The molecule has 0 saturated heterocycles. The molecule has 27 heavy (non-hydrogen) atoms. The largest absolute Gasteiger partial charge is 0.416 e. The van der Waals surface area contributed by atoms with E-state index in [-0.39, 0.29) is 16.6 Å². The fourth-order valence-electron chi connectivity index (χ4n) is 2.42. The minimum atomic E-state index is -4.53. The Hall–Kier alpha value is -2.68. The molecule has 1 aromatic heterocycles. The Balaban J connectivity index is 1.64. The highest BCUT2D eigenvalue weighted by molar-refractivity contribution is 9.10. The number of alkyl halides is 3. The predicted molar refractivity (Wildman–Crippen MR) is 95.9 cm³/mol. The van der Waals surface area contributed by atoms with Gasteiger partial charge in [-0.05, 0) is 23.8 Å². The molecule has 0 fully saturated rings. The number of amides is 1. The molecule has 1 N–H and O–H groups in total. The van der Waals surface area contributed by atoms with Crippen LogP contribution in [0.2, 0.25) is 0 Å². The second kappa shape index (κ2) is 7.91. The summed E-state index contributed by atoms with van der Waals surface area (Å²) in [5.74, 6) is -0.626. The molecule has 3 aromatic rings. The first kappa shape index (κ1) is 19.1. The standard InChI is InChI=1S/C18H14BrF3N4O/c19-15-7-13(6-14(8-15)18(20,21)22)17(27)23-9-16-11-26(25-24-16)10-12-4-2-1-3-5-12/h1-8,11H,9-10H2,(H,23,27). The maximum absolute atomic E-state index is 12.9. The van der Waals surface area contributed by atoms with Gasteiger partial charge in [0.1, 0.15) is 5.69 Å². The van der Waals surface area contributed by atoms with Crippen molar-refractivity contribution in [3.8, 4) is 0 Å². The molecule has 0 spiro atoms. The summed E-state index contributed by atoms with van der Waals surface area (Å²) in [6.45, 7) is 0.587. The zero-order chi connectivity index (χ0) is 19.4. The van der Waals surface area contributed by atoms with Gasteiger partial charge in [-0.2, -0.15) is 13.2 Å². The van der Waals surface area contributed by atoms with E-state index < -0.39 is 17.6 Å². The van der Waals surface area contributed by atoms with Crippen molar-refractivity contribution in [2.45, 2.75) is 19.3 Å². The third-order valence-electron chi connectivity index (χ3n) is 3.69. The summed E-state index contributed by atoms with van der Waals surface area (Å²) in [6.07, 6.45) is -2.85. The molecule has 0 unspecified atom stereocenters. The SMILES string of the molecule is O=C(NCc1cn(Cc2ccccc2)nn1)c1cc(Br)cc(C(F)(F)F)c1. The highest BCUT2D eigenvalue weighted by atomic mass is 79.9. The van der Waals surface area contributed by atoms with Gasteiger partial charge in [-0.15, -0.1) is 5.10 Å². The lowest BCUT2D eigenvalue weighted by atomic mass is 10.1. The summed E-state index contributed by atoms with van der Waals surface area (Å²) in [7, 11) is 0. The van der Waals surface area contributed by atoms with Crippen LogP contribution >= 0.6 is 15.9 Å². The van der Waals surface area contributed by atoms with Crippen molar-refractivity contribution in [1.82, 2.24) is 20.3 Å². The molecule has 0 saturated carbocycles. The van der Waals surface area contributed by atoms with Gasteiger partial charge < -0.3 is 5.32 Å². The Morgan fingerprint density at radius 3 is 2.59 bits per heavy atom. The average molecular weight is 439 g/mol. The van der Waals surface area contributed by atoms with Gasteiger partial charge in [0.15, 0.2) is 0 Å². The van der Waals surface area contributed by atoms with Crippen LogP contribution in [0, 0.1) is 0 Å². The monoisotopic (exact) mass is 438 g/mol. The van der Waals surface area contributed by atoms with Gasteiger partial charge in [0.25, 0.3) is 5.91 Å². The lowest BCUT2D eigenvalue weighted by Crippen LogP contribution is -2.23. The van der Waals surface area contributed by atoms with Crippen LogP contribution in [0.15, 0.2) is 59.2 Å². The molecule has 0 atom stereocenters. The van der Waals surface area contributed by atoms with Gasteiger partial charge in [-0.3, -0.25) is 4.79 Å². The van der Waals surface area contributed by atoms with E-state index in [1.807, 2.05) is 30.3 Å². The summed E-state index contributed by atoms with van der Waals surface area (Å²) >= 11 is 3.00. The Bertz CT molecular complexity index is 941. The van der Waals surface area contributed by atoms with E-state index in [0.29, 0.717) is 12.2 Å². The lowest BCUT2D eigenvalue weighted by molar-refractivity contribution is -0.137. The summed E-state index contributed by atoms with van der Waals surface area (Å²) in [5, 5.41) is 10.5. The number of hydrogen-bond acceptors (Lipinski definition) is 3. The second-order valence-electron chi connectivity index (χ2n) is 5.80. The molecule has 3 rings (SSSR count). The summed E-state index contributed by atoms with van der Waals surface area (Å²) in [5.41, 5.74) is 0.571. The number of nitrogens with one attached hydrogen (secondary N) is 1. The normalized spacial score (nSPS) is 11.4. The number of aromatic nitrogens is 3. The van der Waals surface area contributed by atoms with Gasteiger partial charge >= 0.3 is 6.18 Å². The van der Waals surface area contributed by atoms with Crippen LogP contribution < -0.4 is 5.32 Å². The van der Waals surface area contributed by atoms with Crippen LogP contribution in [-0.4, -0.2) is 20.9 Å². The van der Waals surface area contributed by atoms with Gasteiger partial charge in [-0.25, -0.2) is 4.68 Å². The zero-order valence-corrected chi connectivity index (χ0v) is 15.5. The maximum atomic E-state index is 12.9. The first-order valence-corrected chi connectivity index (χ1v) is 8.69. The van der Waals surface area contributed by atoms with E-state index >= 15 is 0 Å². The Kier molecular flexibility index (Phi) is 5.59. The number of carbonyl (C=O) groups excluding carboxylic acids is 1.